The summed E-state index contributed by atoms with van der Waals surface area (Å²) in [6, 6.07) is 8.38. The highest BCUT2D eigenvalue weighted by molar-refractivity contribution is 5.79. The van der Waals surface area contributed by atoms with Crippen molar-refractivity contribution in [1.29, 1.82) is 0 Å². The van der Waals surface area contributed by atoms with Gasteiger partial charge in [-0.2, -0.15) is 5.10 Å². The molecule has 2 heterocycles. The van der Waals surface area contributed by atoms with Crippen molar-refractivity contribution in [3.63, 3.8) is 0 Å². The van der Waals surface area contributed by atoms with Gasteiger partial charge in [0, 0.05) is 24.8 Å². The Kier molecular flexibility index (Phi) is 4.09. The fraction of sp³-hybridized carbons (Fsp3) is 0.438. The van der Waals surface area contributed by atoms with Gasteiger partial charge >= 0.3 is 0 Å². The molecule has 0 spiro atoms. The summed E-state index contributed by atoms with van der Waals surface area (Å²) in [7, 11) is 0. The highest BCUT2D eigenvalue weighted by Gasteiger charge is 2.24. The number of amides is 1. The molecule has 6 heteroatoms. The molecule has 2 aromatic rings. The second-order valence-corrected chi connectivity index (χ2v) is 5.72. The molecule has 0 bridgehead atoms. The Bertz CT molecular complexity index is 640. The predicted octanol–water partition coefficient (Wildman–Crippen LogP) is 1.41. The second kappa shape index (κ2) is 6.17. The van der Waals surface area contributed by atoms with Crippen LogP contribution in [-0.4, -0.2) is 39.8 Å². The number of rotatable bonds is 5. The second-order valence-electron chi connectivity index (χ2n) is 5.72. The van der Waals surface area contributed by atoms with Gasteiger partial charge in [-0.25, -0.2) is 9.67 Å². The Labute approximate surface area is 130 Å². The van der Waals surface area contributed by atoms with E-state index >= 15 is 0 Å². The molecule has 1 aliphatic rings. The lowest BCUT2D eigenvalue weighted by Gasteiger charge is -2.28. The number of anilines is 1. The highest BCUT2D eigenvalue weighted by Crippen LogP contribution is 2.28. The van der Waals surface area contributed by atoms with Gasteiger partial charge in [-0.05, 0) is 31.9 Å². The van der Waals surface area contributed by atoms with Crippen LogP contribution in [0.3, 0.4) is 0 Å². The van der Waals surface area contributed by atoms with Gasteiger partial charge in [0.15, 0.2) is 0 Å². The van der Waals surface area contributed by atoms with E-state index in [1.165, 1.54) is 17.6 Å². The maximum atomic E-state index is 12.2. The zero-order valence-corrected chi connectivity index (χ0v) is 12.9. The van der Waals surface area contributed by atoms with E-state index in [2.05, 4.69) is 51.5 Å². The van der Waals surface area contributed by atoms with E-state index in [1.807, 2.05) is 6.92 Å². The number of fused-ring (bicyclic) bond motifs is 1. The van der Waals surface area contributed by atoms with E-state index < -0.39 is 0 Å². The molecule has 0 saturated carbocycles. The zero-order chi connectivity index (χ0) is 15.5. The zero-order valence-electron chi connectivity index (χ0n) is 12.9. The van der Waals surface area contributed by atoms with Crippen molar-refractivity contribution in [1.82, 2.24) is 20.1 Å². The molecule has 1 aromatic heterocycles. The summed E-state index contributed by atoms with van der Waals surface area (Å²) in [5.41, 5.74) is 2.67. The predicted molar refractivity (Wildman–Crippen MR) is 84.7 cm³/mol. The van der Waals surface area contributed by atoms with Crippen LogP contribution in [0.1, 0.15) is 25.5 Å². The fourth-order valence-electron chi connectivity index (χ4n) is 2.87. The first-order chi connectivity index (χ1) is 10.7. The van der Waals surface area contributed by atoms with E-state index in [0.717, 1.165) is 13.0 Å². The highest BCUT2D eigenvalue weighted by atomic mass is 16.2. The van der Waals surface area contributed by atoms with Gasteiger partial charge in [0.05, 0.1) is 0 Å². The van der Waals surface area contributed by atoms with Gasteiger partial charge < -0.3 is 10.2 Å². The molecule has 3 rings (SSSR count). The average Bonchev–Trinajstić information content (AvgIpc) is 3.20. The molecule has 1 aliphatic heterocycles. The van der Waals surface area contributed by atoms with Gasteiger partial charge in [-0.3, -0.25) is 4.79 Å². The maximum absolute atomic E-state index is 12.2. The van der Waals surface area contributed by atoms with Crippen molar-refractivity contribution in [2.75, 3.05) is 18.0 Å². The average molecular weight is 299 g/mol. The van der Waals surface area contributed by atoms with Crippen LogP contribution in [0.2, 0.25) is 0 Å². The quantitative estimate of drug-likeness (QED) is 0.906. The minimum absolute atomic E-state index is 0.0372. The lowest BCUT2D eigenvalue weighted by atomic mass is 10.2. The minimum Gasteiger partial charge on any atom is -0.366 e. The molecule has 2 atom stereocenters. The fourth-order valence-corrected chi connectivity index (χ4v) is 2.87. The molecule has 0 radical (unpaired) electrons. The van der Waals surface area contributed by atoms with E-state index in [-0.39, 0.29) is 18.0 Å². The number of hydrogen-bond acceptors (Lipinski definition) is 4. The molecule has 0 aliphatic carbocycles. The van der Waals surface area contributed by atoms with Crippen LogP contribution in [0.25, 0.3) is 0 Å². The maximum Gasteiger partial charge on any atom is 0.244 e. The van der Waals surface area contributed by atoms with Crippen LogP contribution in [0.5, 0.6) is 0 Å². The van der Waals surface area contributed by atoms with Crippen molar-refractivity contribution in [3.8, 4) is 0 Å². The van der Waals surface area contributed by atoms with Crippen molar-refractivity contribution in [2.45, 2.75) is 32.4 Å². The van der Waals surface area contributed by atoms with Crippen molar-refractivity contribution in [2.24, 2.45) is 0 Å². The minimum atomic E-state index is -0.347. The molecule has 0 fully saturated rings. The number of para-hydroxylation sites is 1. The van der Waals surface area contributed by atoms with Crippen LogP contribution in [0.4, 0.5) is 5.69 Å². The van der Waals surface area contributed by atoms with Crippen LogP contribution in [0.15, 0.2) is 36.9 Å². The van der Waals surface area contributed by atoms with Crippen LogP contribution >= 0.6 is 0 Å². The third-order valence-electron chi connectivity index (χ3n) is 4.24. The van der Waals surface area contributed by atoms with Gasteiger partial charge in [-0.1, -0.05) is 18.2 Å². The van der Waals surface area contributed by atoms with Crippen LogP contribution < -0.4 is 10.2 Å². The van der Waals surface area contributed by atoms with Gasteiger partial charge in [-0.15, -0.1) is 0 Å². The summed E-state index contributed by atoms with van der Waals surface area (Å²) in [5, 5.41) is 7.01. The molecule has 22 heavy (non-hydrogen) atoms. The molecule has 0 unspecified atom stereocenters. The first-order valence-corrected chi connectivity index (χ1v) is 7.63. The van der Waals surface area contributed by atoms with Crippen LogP contribution in [-0.2, 0) is 11.2 Å². The number of hydrogen-bond donors (Lipinski definition) is 1. The molecular weight excluding hydrogens is 278 g/mol. The van der Waals surface area contributed by atoms with E-state index in [4.69, 9.17) is 0 Å². The molecule has 1 N–H and O–H groups in total. The van der Waals surface area contributed by atoms with Crippen LogP contribution in [0, 0.1) is 0 Å². The third-order valence-corrected chi connectivity index (χ3v) is 4.24. The van der Waals surface area contributed by atoms with Gasteiger partial charge in [0.1, 0.15) is 18.7 Å². The standard InChI is InChI=1S/C16H21N5O/c1-12(20-8-7-14-5-3-4-6-15(14)20)9-18-16(22)13(2)21-11-17-10-19-21/h3-6,10-13H,7-9H2,1-2H3,(H,18,22)/t12-,13+/m0/s1. The number of nitrogens with one attached hydrogen (secondary N) is 1. The summed E-state index contributed by atoms with van der Waals surface area (Å²) in [6.45, 7) is 5.59. The summed E-state index contributed by atoms with van der Waals surface area (Å²) in [4.78, 5) is 18.4. The third kappa shape index (κ3) is 2.81. The number of benzene rings is 1. The summed E-state index contributed by atoms with van der Waals surface area (Å²) in [5.74, 6) is -0.0372. The molecule has 1 aromatic carbocycles. The largest absolute Gasteiger partial charge is 0.366 e. The first kappa shape index (κ1) is 14.6. The Hall–Kier alpha value is -2.37. The first-order valence-electron chi connectivity index (χ1n) is 7.63. The van der Waals surface area contributed by atoms with E-state index in [1.54, 1.807) is 11.0 Å². The van der Waals surface area contributed by atoms with E-state index in [0.29, 0.717) is 6.54 Å². The Morgan fingerprint density at radius 1 is 1.36 bits per heavy atom. The lowest BCUT2D eigenvalue weighted by Crippen LogP contribution is -2.43. The molecular formula is C16H21N5O. The van der Waals surface area contributed by atoms with Gasteiger partial charge in [0.2, 0.25) is 5.91 Å². The lowest BCUT2D eigenvalue weighted by molar-refractivity contribution is -0.124. The van der Waals surface area contributed by atoms with Crippen molar-refractivity contribution in [3.05, 3.63) is 42.5 Å². The van der Waals surface area contributed by atoms with Crippen molar-refractivity contribution < 1.29 is 4.79 Å². The number of carbonyl (C=O) groups excluding carboxylic acids is 1. The number of nitrogens with zero attached hydrogens (tertiary/aromatic N) is 4. The monoisotopic (exact) mass is 299 g/mol. The van der Waals surface area contributed by atoms with E-state index in [9.17, 15) is 4.79 Å². The molecule has 0 saturated heterocycles. The van der Waals surface area contributed by atoms with Gasteiger partial charge in [0.25, 0.3) is 0 Å². The number of carbonyl (C=O) groups is 1. The van der Waals surface area contributed by atoms with Crippen molar-refractivity contribution >= 4 is 11.6 Å². The summed E-state index contributed by atoms with van der Waals surface area (Å²) >= 11 is 0. The number of aromatic nitrogens is 3. The smallest absolute Gasteiger partial charge is 0.244 e. The molecule has 1 amide bonds. The summed E-state index contributed by atoms with van der Waals surface area (Å²) < 4.78 is 1.56. The molecule has 6 nitrogen and oxygen atoms in total. The Morgan fingerprint density at radius 3 is 2.95 bits per heavy atom. The molecule has 116 valence electrons. The Balaban J connectivity index is 1.57. The summed E-state index contributed by atoms with van der Waals surface area (Å²) in [6.07, 6.45) is 4.07. The SMILES string of the molecule is C[C@H](C(=O)NC[C@H](C)N1CCc2ccccc21)n1cncn1. The topological polar surface area (TPSA) is 63.1 Å². The Morgan fingerprint density at radius 2 is 2.18 bits per heavy atom. The normalized spacial score (nSPS) is 16.2.